The first-order chi connectivity index (χ1) is 13.4. The third kappa shape index (κ3) is 5.23. The molecule has 0 bridgehead atoms. The number of nitrogens with one attached hydrogen (secondary N) is 2. The highest BCUT2D eigenvalue weighted by molar-refractivity contribution is 9.10. The molecule has 8 nitrogen and oxygen atoms in total. The van der Waals surface area contributed by atoms with Gasteiger partial charge in [0.25, 0.3) is 11.8 Å². The van der Waals surface area contributed by atoms with Crippen LogP contribution in [0.3, 0.4) is 0 Å². The van der Waals surface area contributed by atoms with E-state index < -0.39 is 17.7 Å². The molecule has 4 N–H and O–H groups in total. The molecule has 0 saturated heterocycles. The largest absolute Gasteiger partial charge is 0.495 e. The monoisotopic (exact) mass is 449 g/mol. The highest BCUT2D eigenvalue weighted by Crippen LogP contribution is 2.35. The van der Waals surface area contributed by atoms with Crippen LogP contribution in [-0.4, -0.2) is 38.5 Å². The topological polar surface area (TPSA) is 120 Å². The number of hydrogen-bond donors (Lipinski definition) is 3. The van der Waals surface area contributed by atoms with Gasteiger partial charge < -0.3 is 25.8 Å². The number of nitrogens with two attached hydrogens (primary N) is 1. The number of carbonyl (C=O) groups excluding carboxylic acids is 3. The predicted molar refractivity (Wildman–Crippen MR) is 108 cm³/mol. The van der Waals surface area contributed by atoms with E-state index in [0.29, 0.717) is 27.2 Å². The van der Waals surface area contributed by atoms with Crippen LogP contribution in [0.1, 0.15) is 27.1 Å². The Kier molecular flexibility index (Phi) is 7.39. The highest BCUT2D eigenvalue weighted by Gasteiger charge is 2.17. The molecule has 0 spiro atoms. The molecule has 148 valence electrons. The molecule has 9 heteroatoms. The number of methoxy groups -OCH3 is 2. The fourth-order valence-corrected chi connectivity index (χ4v) is 2.93. The normalized spacial score (nSPS) is 10.1. The maximum atomic E-state index is 12.7. The minimum atomic E-state index is -0.514. The summed E-state index contributed by atoms with van der Waals surface area (Å²) < 4.78 is 11.1. The Labute approximate surface area is 170 Å². The second-order valence-corrected chi connectivity index (χ2v) is 6.46. The van der Waals surface area contributed by atoms with Crippen LogP contribution in [0, 0.1) is 0 Å². The highest BCUT2D eigenvalue weighted by atomic mass is 79.9. The van der Waals surface area contributed by atoms with Crippen molar-refractivity contribution in [3.05, 3.63) is 52.0 Å². The summed E-state index contributed by atoms with van der Waals surface area (Å²) in [5, 5.41) is 5.30. The zero-order valence-electron chi connectivity index (χ0n) is 15.4. The minimum Gasteiger partial charge on any atom is -0.495 e. The summed E-state index contributed by atoms with van der Waals surface area (Å²) in [4.78, 5) is 35.9. The van der Waals surface area contributed by atoms with Gasteiger partial charge in [-0.2, -0.15) is 0 Å². The van der Waals surface area contributed by atoms with E-state index in [9.17, 15) is 14.4 Å². The number of ether oxygens (including phenoxy) is 2. The fourth-order valence-electron chi connectivity index (χ4n) is 2.38. The van der Waals surface area contributed by atoms with Crippen LogP contribution in [0.25, 0.3) is 0 Å². The number of halogens is 1. The number of anilines is 1. The Hall–Kier alpha value is -3.07. The van der Waals surface area contributed by atoms with E-state index in [0.717, 1.165) is 0 Å². The van der Waals surface area contributed by atoms with Gasteiger partial charge in [0.2, 0.25) is 5.91 Å². The van der Waals surface area contributed by atoms with Crippen molar-refractivity contribution in [3.8, 4) is 11.5 Å². The summed E-state index contributed by atoms with van der Waals surface area (Å²) in [5.41, 5.74) is 5.94. The molecule has 2 aromatic rings. The van der Waals surface area contributed by atoms with Gasteiger partial charge in [0, 0.05) is 18.5 Å². The fraction of sp³-hybridized carbons (Fsp3) is 0.211. The molecule has 2 rings (SSSR count). The molecule has 0 unspecified atom stereocenters. The molecular weight excluding hydrogens is 430 g/mol. The number of primary amides is 1. The van der Waals surface area contributed by atoms with Crippen molar-refractivity contribution >= 4 is 39.3 Å². The zero-order valence-corrected chi connectivity index (χ0v) is 17.0. The van der Waals surface area contributed by atoms with E-state index >= 15 is 0 Å². The summed E-state index contributed by atoms with van der Waals surface area (Å²) in [6.07, 6.45) is 0.0265. The van der Waals surface area contributed by atoms with Crippen molar-refractivity contribution in [2.24, 2.45) is 5.73 Å². The Morgan fingerprint density at radius 3 is 2.21 bits per heavy atom. The Balaban J connectivity index is 2.23. The van der Waals surface area contributed by atoms with Crippen LogP contribution in [0.4, 0.5) is 5.69 Å². The zero-order chi connectivity index (χ0) is 20.7. The van der Waals surface area contributed by atoms with Gasteiger partial charge in [-0.15, -0.1) is 0 Å². The van der Waals surface area contributed by atoms with Crippen molar-refractivity contribution in [1.82, 2.24) is 5.32 Å². The van der Waals surface area contributed by atoms with Crippen molar-refractivity contribution in [2.75, 3.05) is 26.1 Å². The molecule has 0 heterocycles. The maximum absolute atomic E-state index is 12.7. The molecular formula is C19H20BrN3O5. The Bertz CT molecular complexity index is 876. The standard InChI is InChI=1S/C19H20BrN3O5/c1-27-14-9-11(10-15(28-2)17(14)20)18(25)23-13-6-4-3-5-12(13)19(26)22-8-7-16(21)24/h3-6,9-10H,7-8H2,1-2H3,(H2,21,24)(H,22,26)(H,23,25). The van der Waals surface area contributed by atoms with E-state index in [1.165, 1.54) is 14.2 Å². The van der Waals surface area contributed by atoms with Gasteiger partial charge in [-0.1, -0.05) is 12.1 Å². The number of benzene rings is 2. The molecule has 28 heavy (non-hydrogen) atoms. The van der Waals surface area contributed by atoms with Crippen LogP contribution in [0.2, 0.25) is 0 Å². The average molecular weight is 450 g/mol. The van der Waals surface area contributed by atoms with Gasteiger partial charge in [0.15, 0.2) is 0 Å². The van der Waals surface area contributed by atoms with E-state index in [2.05, 4.69) is 26.6 Å². The predicted octanol–water partition coefficient (Wildman–Crippen LogP) is 2.32. The van der Waals surface area contributed by atoms with Crippen LogP contribution in [-0.2, 0) is 4.79 Å². The summed E-state index contributed by atoms with van der Waals surface area (Å²) >= 11 is 3.35. The Morgan fingerprint density at radius 2 is 1.64 bits per heavy atom. The number of para-hydroxylation sites is 1. The second-order valence-electron chi connectivity index (χ2n) is 5.67. The summed E-state index contributed by atoms with van der Waals surface area (Å²) in [5.74, 6) is -0.520. The minimum absolute atomic E-state index is 0.0265. The number of amides is 3. The third-order valence-corrected chi connectivity index (χ3v) is 4.57. The van der Waals surface area contributed by atoms with Crippen molar-refractivity contribution in [1.29, 1.82) is 0 Å². The molecule has 0 aliphatic carbocycles. The number of rotatable bonds is 8. The van der Waals surface area contributed by atoms with E-state index in [1.54, 1.807) is 36.4 Å². The van der Waals surface area contributed by atoms with Crippen molar-refractivity contribution < 1.29 is 23.9 Å². The second kappa shape index (κ2) is 9.75. The lowest BCUT2D eigenvalue weighted by molar-refractivity contribution is -0.117. The number of hydrogen-bond acceptors (Lipinski definition) is 5. The summed E-state index contributed by atoms with van der Waals surface area (Å²) in [6.45, 7) is 0.109. The molecule has 0 atom stereocenters. The molecule has 0 radical (unpaired) electrons. The molecule has 0 aromatic heterocycles. The molecule has 0 fully saturated rings. The van der Waals surface area contributed by atoms with Gasteiger partial charge in [0.1, 0.15) is 16.0 Å². The SMILES string of the molecule is COc1cc(C(=O)Nc2ccccc2C(=O)NCCC(N)=O)cc(OC)c1Br. The molecule has 0 saturated carbocycles. The first kappa shape index (κ1) is 21.2. The third-order valence-electron chi connectivity index (χ3n) is 3.78. The lowest BCUT2D eigenvalue weighted by Gasteiger charge is -2.13. The van der Waals surface area contributed by atoms with Gasteiger partial charge in [-0.3, -0.25) is 14.4 Å². The lowest BCUT2D eigenvalue weighted by Crippen LogP contribution is -2.28. The first-order valence-electron chi connectivity index (χ1n) is 8.25. The molecule has 3 amide bonds. The van der Waals surface area contributed by atoms with Crippen LogP contribution in [0.5, 0.6) is 11.5 Å². The van der Waals surface area contributed by atoms with E-state index in [1.807, 2.05) is 0 Å². The smallest absolute Gasteiger partial charge is 0.255 e. The molecule has 0 aliphatic rings. The van der Waals surface area contributed by atoms with Gasteiger partial charge in [-0.05, 0) is 40.2 Å². The Morgan fingerprint density at radius 1 is 1.04 bits per heavy atom. The van der Waals surface area contributed by atoms with Gasteiger partial charge in [-0.25, -0.2) is 0 Å². The molecule has 0 aliphatic heterocycles. The van der Waals surface area contributed by atoms with E-state index in [4.69, 9.17) is 15.2 Å². The average Bonchev–Trinajstić information content (AvgIpc) is 2.68. The van der Waals surface area contributed by atoms with E-state index in [-0.39, 0.29) is 18.5 Å². The maximum Gasteiger partial charge on any atom is 0.255 e. The summed E-state index contributed by atoms with van der Waals surface area (Å²) in [7, 11) is 2.96. The lowest BCUT2D eigenvalue weighted by atomic mass is 10.1. The van der Waals surface area contributed by atoms with Crippen molar-refractivity contribution in [2.45, 2.75) is 6.42 Å². The van der Waals surface area contributed by atoms with Crippen LogP contribution in [0.15, 0.2) is 40.9 Å². The van der Waals surface area contributed by atoms with Crippen molar-refractivity contribution in [3.63, 3.8) is 0 Å². The van der Waals surface area contributed by atoms with Crippen LogP contribution < -0.4 is 25.8 Å². The summed E-state index contributed by atoms with van der Waals surface area (Å²) in [6, 6.07) is 9.64. The quantitative estimate of drug-likeness (QED) is 0.570. The van der Waals surface area contributed by atoms with Crippen LogP contribution >= 0.6 is 15.9 Å². The van der Waals surface area contributed by atoms with Gasteiger partial charge in [0.05, 0.1) is 25.5 Å². The number of carbonyl (C=O) groups is 3. The first-order valence-corrected chi connectivity index (χ1v) is 9.05. The molecule has 2 aromatic carbocycles. The van der Waals surface area contributed by atoms with Gasteiger partial charge >= 0.3 is 0 Å².